The molecule has 3 rings (SSSR count). The van der Waals surface area contributed by atoms with E-state index < -0.39 is 0 Å². The number of aromatic nitrogens is 6. The molecule has 0 aromatic carbocycles. The lowest BCUT2D eigenvalue weighted by molar-refractivity contribution is 0.0939. The van der Waals surface area contributed by atoms with Crippen molar-refractivity contribution in [3.05, 3.63) is 36.0 Å². The van der Waals surface area contributed by atoms with Crippen LogP contribution in [0.15, 0.2) is 24.5 Å². The minimum absolute atomic E-state index is 0.0557. The molecule has 0 aliphatic carbocycles. The Morgan fingerprint density at radius 3 is 3.05 bits per heavy atom. The molecule has 0 fully saturated rings. The smallest absolute Gasteiger partial charge is 0.314 e. The Morgan fingerprint density at radius 1 is 1.43 bits per heavy atom. The van der Waals surface area contributed by atoms with Crippen molar-refractivity contribution in [3.8, 4) is 6.01 Å². The third kappa shape index (κ3) is 2.40. The largest absolute Gasteiger partial charge is 0.467 e. The highest BCUT2D eigenvalue weighted by Gasteiger charge is 2.15. The maximum Gasteiger partial charge on any atom is 0.314 e. The Kier molecular flexibility index (Phi) is 3.22. The molecule has 21 heavy (non-hydrogen) atoms. The summed E-state index contributed by atoms with van der Waals surface area (Å²) in [7, 11) is 3.12. The van der Waals surface area contributed by atoms with Crippen LogP contribution in [-0.2, 0) is 13.6 Å². The average Bonchev–Trinajstić information content (AvgIpc) is 3.10. The predicted octanol–water partition coefficient (Wildman–Crippen LogP) is -0.204. The van der Waals surface area contributed by atoms with Gasteiger partial charge in [-0.1, -0.05) is 6.07 Å². The number of methoxy groups -OCH3 is 1. The second-order valence-corrected chi connectivity index (χ2v) is 4.28. The van der Waals surface area contributed by atoms with Gasteiger partial charge in [0, 0.05) is 7.05 Å². The van der Waals surface area contributed by atoms with Crippen molar-refractivity contribution in [2.24, 2.45) is 7.05 Å². The quantitative estimate of drug-likeness (QED) is 0.713. The Labute approximate surface area is 119 Å². The van der Waals surface area contributed by atoms with Gasteiger partial charge in [0.05, 0.1) is 19.3 Å². The summed E-state index contributed by atoms with van der Waals surface area (Å²) in [6.45, 7) is 0.292. The maximum absolute atomic E-state index is 12.0. The zero-order chi connectivity index (χ0) is 14.8. The fraction of sp³-hybridized carbons (Fsp3) is 0.250. The van der Waals surface area contributed by atoms with Crippen LogP contribution in [0.5, 0.6) is 6.01 Å². The molecule has 3 aromatic rings. The van der Waals surface area contributed by atoms with Crippen LogP contribution < -0.4 is 10.1 Å². The molecule has 0 aliphatic heterocycles. The van der Waals surface area contributed by atoms with Crippen molar-refractivity contribution in [1.29, 1.82) is 0 Å². The summed E-state index contributed by atoms with van der Waals surface area (Å²) in [5, 5.41) is 10.8. The molecule has 108 valence electrons. The summed E-state index contributed by atoms with van der Waals surface area (Å²) in [6, 6.07) is 5.82. The van der Waals surface area contributed by atoms with E-state index in [0.717, 1.165) is 11.3 Å². The van der Waals surface area contributed by atoms with E-state index in [9.17, 15) is 4.79 Å². The third-order valence-corrected chi connectivity index (χ3v) is 2.92. The lowest BCUT2D eigenvalue weighted by Crippen LogP contribution is -2.25. The molecule has 1 N–H and O–H groups in total. The molecule has 0 bridgehead atoms. The number of carbonyl (C=O) groups excluding carboxylic acids is 1. The van der Waals surface area contributed by atoms with Crippen molar-refractivity contribution >= 4 is 11.6 Å². The highest BCUT2D eigenvalue weighted by atomic mass is 16.5. The molecule has 3 aromatic heterocycles. The molecule has 9 heteroatoms. The highest BCUT2D eigenvalue weighted by Crippen LogP contribution is 2.06. The molecule has 0 saturated carbocycles. The van der Waals surface area contributed by atoms with Gasteiger partial charge in [-0.05, 0) is 12.1 Å². The highest BCUT2D eigenvalue weighted by molar-refractivity contribution is 5.90. The average molecular weight is 287 g/mol. The summed E-state index contributed by atoms with van der Waals surface area (Å²) in [5.41, 5.74) is 1.53. The van der Waals surface area contributed by atoms with E-state index in [1.165, 1.54) is 18.1 Å². The molecule has 0 spiro atoms. The van der Waals surface area contributed by atoms with Gasteiger partial charge in [-0.3, -0.25) is 4.79 Å². The van der Waals surface area contributed by atoms with E-state index in [2.05, 4.69) is 25.5 Å². The molecule has 0 saturated heterocycles. The summed E-state index contributed by atoms with van der Waals surface area (Å²) < 4.78 is 8.03. The second kappa shape index (κ2) is 5.19. The van der Waals surface area contributed by atoms with Crippen molar-refractivity contribution in [2.75, 3.05) is 7.11 Å². The number of carbonyl (C=O) groups is 1. The molecule has 0 aliphatic rings. The SMILES string of the molecule is COc1nc(C(=O)NCc2cccc3ncnn23)nn1C. The van der Waals surface area contributed by atoms with Crippen molar-refractivity contribution in [2.45, 2.75) is 6.54 Å². The lowest BCUT2D eigenvalue weighted by Gasteiger charge is -2.04. The number of aryl methyl sites for hydroxylation is 1. The fourth-order valence-corrected chi connectivity index (χ4v) is 1.93. The zero-order valence-electron chi connectivity index (χ0n) is 11.5. The van der Waals surface area contributed by atoms with Gasteiger partial charge in [-0.15, -0.1) is 5.10 Å². The number of nitrogens with zero attached hydrogens (tertiary/aromatic N) is 6. The second-order valence-electron chi connectivity index (χ2n) is 4.28. The number of hydrogen-bond donors (Lipinski definition) is 1. The first-order chi connectivity index (χ1) is 10.2. The molecular weight excluding hydrogens is 274 g/mol. The van der Waals surface area contributed by atoms with Gasteiger partial charge < -0.3 is 10.1 Å². The van der Waals surface area contributed by atoms with Gasteiger partial charge in [0.1, 0.15) is 6.33 Å². The lowest BCUT2D eigenvalue weighted by atomic mass is 10.3. The first kappa shape index (κ1) is 13.0. The number of rotatable bonds is 4. The van der Waals surface area contributed by atoms with Gasteiger partial charge >= 0.3 is 6.01 Å². The van der Waals surface area contributed by atoms with E-state index in [4.69, 9.17) is 4.74 Å². The van der Waals surface area contributed by atoms with Crippen LogP contribution in [0.2, 0.25) is 0 Å². The Morgan fingerprint density at radius 2 is 2.29 bits per heavy atom. The van der Waals surface area contributed by atoms with E-state index in [1.54, 1.807) is 11.6 Å². The van der Waals surface area contributed by atoms with Crippen molar-refractivity contribution in [1.82, 2.24) is 34.7 Å². The van der Waals surface area contributed by atoms with Crippen LogP contribution in [0.4, 0.5) is 0 Å². The summed E-state index contributed by atoms with van der Waals surface area (Å²) in [5.74, 6) is -0.328. The van der Waals surface area contributed by atoms with Gasteiger partial charge in [-0.25, -0.2) is 14.2 Å². The number of ether oxygens (including phenoxy) is 1. The molecule has 0 unspecified atom stereocenters. The molecule has 9 nitrogen and oxygen atoms in total. The summed E-state index contributed by atoms with van der Waals surface area (Å²) >= 11 is 0. The summed E-state index contributed by atoms with van der Waals surface area (Å²) in [6.07, 6.45) is 1.46. The normalized spacial score (nSPS) is 10.8. The van der Waals surface area contributed by atoms with Gasteiger partial charge in [0.15, 0.2) is 5.65 Å². The third-order valence-electron chi connectivity index (χ3n) is 2.92. The summed E-state index contributed by atoms with van der Waals surface area (Å²) in [4.78, 5) is 20.1. The number of hydrogen-bond acceptors (Lipinski definition) is 6. The Hall–Kier alpha value is -2.97. The van der Waals surface area contributed by atoms with Crippen molar-refractivity contribution in [3.63, 3.8) is 0 Å². The van der Waals surface area contributed by atoms with Gasteiger partial charge in [0.2, 0.25) is 5.82 Å². The maximum atomic E-state index is 12.0. The van der Waals surface area contributed by atoms with Crippen LogP contribution in [0.3, 0.4) is 0 Å². The van der Waals surface area contributed by atoms with Crippen molar-refractivity contribution < 1.29 is 9.53 Å². The topological polar surface area (TPSA) is 99.2 Å². The minimum Gasteiger partial charge on any atom is -0.467 e. The van der Waals surface area contributed by atoms with Crippen LogP contribution in [0, 0.1) is 0 Å². The molecule has 0 radical (unpaired) electrons. The molecular formula is C12H13N7O2. The predicted molar refractivity (Wildman–Crippen MR) is 71.7 cm³/mol. The van der Waals surface area contributed by atoms with E-state index in [1.807, 2.05) is 18.2 Å². The van der Waals surface area contributed by atoms with Crippen LogP contribution >= 0.6 is 0 Å². The van der Waals surface area contributed by atoms with Crippen LogP contribution in [0.1, 0.15) is 16.3 Å². The van der Waals surface area contributed by atoms with Crippen LogP contribution in [0.25, 0.3) is 5.65 Å². The van der Waals surface area contributed by atoms with E-state index in [0.29, 0.717) is 6.54 Å². The van der Waals surface area contributed by atoms with E-state index in [-0.39, 0.29) is 17.7 Å². The number of pyridine rings is 1. The first-order valence-electron chi connectivity index (χ1n) is 6.20. The van der Waals surface area contributed by atoms with E-state index >= 15 is 0 Å². The van der Waals surface area contributed by atoms with Gasteiger partial charge in [-0.2, -0.15) is 10.1 Å². The zero-order valence-corrected chi connectivity index (χ0v) is 11.5. The Balaban J connectivity index is 1.75. The molecule has 0 atom stereocenters. The van der Waals surface area contributed by atoms with Crippen LogP contribution in [-0.4, -0.2) is 42.4 Å². The van der Waals surface area contributed by atoms with Gasteiger partial charge in [0.25, 0.3) is 5.91 Å². The minimum atomic E-state index is -0.383. The molecule has 3 heterocycles. The monoisotopic (exact) mass is 287 g/mol. The Bertz CT molecular complexity index is 792. The first-order valence-corrected chi connectivity index (χ1v) is 6.20. The standard InChI is InChI=1S/C12H13N7O2/c1-18-12(21-2)16-10(17-18)11(20)13-6-8-4-3-5-9-14-7-15-19(8)9/h3-5,7H,6H2,1-2H3,(H,13,20). The molecule has 1 amide bonds. The number of amides is 1. The fourth-order valence-electron chi connectivity index (χ4n) is 1.93. The number of nitrogens with one attached hydrogen (secondary N) is 1. The number of fused-ring (bicyclic) bond motifs is 1.